The van der Waals surface area contributed by atoms with E-state index in [1.165, 1.54) is 13.2 Å². The maximum Gasteiger partial charge on any atom is 0.336 e. The Morgan fingerprint density at radius 2 is 2.23 bits per heavy atom. The SMILES string of the molecule is COc1cc(C(=O)O)c(Br)cc1I. The zero-order chi connectivity index (χ0) is 10.0. The van der Waals surface area contributed by atoms with Crippen molar-refractivity contribution in [2.75, 3.05) is 7.11 Å². The first-order valence-electron chi connectivity index (χ1n) is 3.32. The van der Waals surface area contributed by atoms with Crippen molar-refractivity contribution in [1.82, 2.24) is 0 Å². The van der Waals surface area contributed by atoms with Crippen molar-refractivity contribution in [2.24, 2.45) is 0 Å². The highest BCUT2D eigenvalue weighted by Crippen LogP contribution is 2.28. The highest BCUT2D eigenvalue weighted by Gasteiger charge is 2.12. The van der Waals surface area contributed by atoms with Gasteiger partial charge in [0, 0.05) is 4.47 Å². The van der Waals surface area contributed by atoms with Crippen molar-refractivity contribution in [3.8, 4) is 5.75 Å². The molecule has 5 heteroatoms. The van der Waals surface area contributed by atoms with Crippen molar-refractivity contribution in [3.05, 3.63) is 25.7 Å². The summed E-state index contributed by atoms with van der Waals surface area (Å²) in [5.74, 6) is -0.400. The van der Waals surface area contributed by atoms with Gasteiger partial charge in [-0.15, -0.1) is 0 Å². The van der Waals surface area contributed by atoms with E-state index in [1.54, 1.807) is 6.07 Å². The minimum Gasteiger partial charge on any atom is -0.496 e. The van der Waals surface area contributed by atoms with E-state index in [0.717, 1.165) is 3.57 Å². The molecular formula is C8H6BrIO3. The molecule has 0 saturated heterocycles. The van der Waals surface area contributed by atoms with Gasteiger partial charge in [0.1, 0.15) is 5.75 Å². The van der Waals surface area contributed by atoms with E-state index in [-0.39, 0.29) is 5.56 Å². The largest absolute Gasteiger partial charge is 0.496 e. The predicted octanol–water partition coefficient (Wildman–Crippen LogP) is 2.76. The van der Waals surface area contributed by atoms with Gasteiger partial charge in [0.15, 0.2) is 0 Å². The van der Waals surface area contributed by atoms with Gasteiger partial charge < -0.3 is 9.84 Å². The molecule has 0 radical (unpaired) electrons. The third kappa shape index (κ3) is 2.34. The Labute approximate surface area is 97.4 Å². The molecule has 0 aromatic heterocycles. The molecule has 1 aromatic rings. The molecule has 70 valence electrons. The fourth-order valence-electron chi connectivity index (χ4n) is 0.849. The van der Waals surface area contributed by atoms with E-state index in [0.29, 0.717) is 10.2 Å². The van der Waals surface area contributed by atoms with Crippen molar-refractivity contribution in [1.29, 1.82) is 0 Å². The number of hydrogen-bond donors (Lipinski definition) is 1. The summed E-state index contributed by atoms with van der Waals surface area (Å²) in [5, 5.41) is 8.79. The van der Waals surface area contributed by atoms with Crippen LogP contribution >= 0.6 is 38.5 Å². The monoisotopic (exact) mass is 356 g/mol. The lowest BCUT2D eigenvalue weighted by molar-refractivity contribution is 0.0695. The van der Waals surface area contributed by atoms with Crippen LogP contribution in [0.25, 0.3) is 0 Å². The van der Waals surface area contributed by atoms with Crippen molar-refractivity contribution in [3.63, 3.8) is 0 Å². The lowest BCUT2D eigenvalue weighted by Crippen LogP contribution is -1.99. The molecule has 0 aliphatic rings. The van der Waals surface area contributed by atoms with Gasteiger partial charge >= 0.3 is 5.97 Å². The molecule has 0 amide bonds. The number of methoxy groups -OCH3 is 1. The minimum absolute atomic E-state index is 0.206. The van der Waals surface area contributed by atoms with Crippen molar-refractivity contribution >= 4 is 44.5 Å². The second kappa shape index (κ2) is 4.28. The molecule has 0 unspecified atom stereocenters. The quantitative estimate of drug-likeness (QED) is 0.829. The van der Waals surface area contributed by atoms with E-state index in [4.69, 9.17) is 9.84 Å². The Balaban J connectivity index is 3.30. The molecule has 0 atom stereocenters. The van der Waals surface area contributed by atoms with Crippen LogP contribution in [-0.4, -0.2) is 18.2 Å². The number of aromatic carboxylic acids is 1. The Morgan fingerprint density at radius 1 is 1.62 bits per heavy atom. The number of hydrogen-bond acceptors (Lipinski definition) is 2. The second-order valence-corrected chi connectivity index (χ2v) is 4.29. The number of ether oxygens (including phenoxy) is 1. The lowest BCUT2D eigenvalue weighted by Gasteiger charge is -2.05. The van der Waals surface area contributed by atoms with E-state index in [1.807, 2.05) is 0 Å². The number of benzene rings is 1. The lowest BCUT2D eigenvalue weighted by atomic mass is 10.2. The van der Waals surface area contributed by atoms with Gasteiger partial charge in [0.2, 0.25) is 0 Å². The summed E-state index contributed by atoms with van der Waals surface area (Å²) >= 11 is 5.25. The number of carbonyl (C=O) groups is 1. The Kier molecular flexibility index (Phi) is 3.55. The van der Waals surface area contributed by atoms with Crippen LogP contribution < -0.4 is 4.74 Å². The molecule has 1 N–H and O–H groups in total. The molecule has 0 spiro atoms. The molecule has 0 heterocycles. The summed E-state index contributed by atoms with van der Waals surface area (Å²) in [6.07, 6.45) is 0. The standard InChI is InChI=1S/C8H6BrIO3/c1-13-7-2-4(8(11)12)5(9)3-6(7)10/h2-3H,1H3,(H,11,12). The van der Waals surface area contributed by atoms with E-state index in [9.17, 15) is 4.79 Å². The summed E-state index contributed by atoms with van der Waals surface area (Å²) < 4.78 is 6.43. The fraction of sp³-hybridized carbons (Fsp3) is 0.125. The Morgan fingerprint density at radius 3 is 2.69 bits per heavy atom. The van der Waals surface area contributed by atoms with E-state index >= 15 is 0 Å². The normalized spacial score (nSPS) is 9.77. The minimum atomic E-state index is -0.971. The maximum atomic E-state index is 10.7. The Bertz CT molecular complexity index is 351. The molecule has 13 heavy (non-hydrogen) atoms. The van der Waals surface area contributed by atoms with Crippen molar-refractivity contribution < 1.29 is 14.6 Å². The highest BCUT2D eigenvalue weighted by molar-refractivity contribution is 14.1. The predicted molar refractivity (Wildman–Crippen MR) is 60.4 cm³/mol. The molecule has 0 aliphatic heterocycles. The van der Waals surface area contributed by atoms with Gasteiger partial charge in [-0.1, -0.05) is 0 Å². The first-order chi connectivity index (χ1) is 6.06. The van der Waals surface area contributed by atoms with Gasteiger partial charge in [-0.3, -0.25) is 0 Å². The summed E-state index contributed by atoms with van der Waals surface area (Å²) in [6, 6.07) is 3.21. The Hall–Kier alpha value is -0.300. The zero-order valence-corrected chi connectivity index (χ0v) is 10.4. The second-order valence-electron chi connectivity index (χ2n) is 2.27. The number of carboxylic acid groups (broad SMARTS) is 1. The van der Waals surface area contributed by atoms with Crippen LogP contribution in [0.4, 0.5) is 0 Å². The molecule has 0 aliphatic carbocycles. The van der Waals surface area contributed by atoms with Crippen LogP contribution in [0.3, 0.4) is 0 Å². The third-order valence-electron chi connectivity index (χ3n) is 1.47. The zero-order valence-electron chi connectivity index (χ0n) is 6.67. The molecule has 0 fully saturated rings. The van der Waals surface area contributed by atoms with E-state index in [2.05, 4.69) is 38.5 Å². The van der Waals surface area contributed by atoms with Crippen molar-refractivity contribution in [2.45, 2.75) is 0 Å². The number of carboxylic acids is 1. The third-order valence-corrected chi connectivity index (χ3v) is 2.97. The smallest absolute Gasteiger partial charge is 0.336 e. The maximum absolute atomic E-state index is 10.7. The van der Waals surface area contributed by atoms with Gasteiger partial charge in [0.25, 0.3) is 0 Å². The molecule has 1 aromatic carbocycles. The average molecular weight is 357 g/mol. The van der Waals surface area contributed by atoms with Gasteiger partial charge in [-0.25, -0.2) is 4.79 Å². The average Bonchev–Trinajstić information content (AvgIpc) is 2.03. The molecule has 3 nitrogen and oxygen atoms in total. The summed E-state index contributed by atoms with van der Waals surface area (Å²) in [7, 11) is 1.51. The van der Waals surface area contributed by atoms with Crippen LogP contribution in [0, 0.1) is 3.57 Å². The van der Waals surface area contributed by atoms with Crippen LogP contribution in [-0.2, 0) is 0 Å². The molecule has 0 saturated carbocycles. The molecular weight excluding hydrogens is 351 g/mol. The first-order valence-corrected chi connectivity index (χ1v) is 5.19. The van der Waals surface area contributed by atoms with Crippen LogP contribution in [0.2, 0.25) is 0 Å². The summed E-state index contributed by atoms with van der Waals surface area (Å²) in [5.41, 5.74) is 0.206. The van der Waals surface area contributed by atoms with Gasteiger partial charge in [0.05, 0.1) is 16.2 Å². The summed E-state index contributed by atoms with van der Waals surface area (Å²) in [6.45, 7) is 0. The number of rotatable bonds is 2. The van der Waals surface area contributed by atoms with Crippen LogP contribution in [0.15, 0.2) is 16.6 Å². The molecule has 1 rings (SSSR count). The molecule has 0 bridgehead atoms. The number of halogens is 2. The highest BCUT2D eigenvalue weighted by atomic mass is 127. The summed E-state index contributed by atoms with van der Waals surface area (Å²) in [4.78, 5) is 10.7. The van der Waals surface area contributed by atoms with Gasteiger partial charge in [-0.2, -0.15) is 0 Å². The topological polar surface area (TPSA) is 46.5 Å². The van der Waals surface area contributed by atoms with Crippen LogP contribution in [0.5, 0.6) is 5.75 Å². The fourth-order valence-corrected chi connectivity index (χ4v) is 2.48. The van der Waals surface area contributed by atoms with E-state index < -0.39 is 5.97 Å². The van der Waals surface area contributed by atoms with Crippen LogP contribution in [0.1, 0.15) is 10.4 Å². The first kappa shape index (κ1) is 10.8. The van der Waals surface area contributed by atoms with Gasteiger partial charge in [-0.05, 0) is 50.7 Å².